The van der Waals surface area contributed by atoms with Gasteiger partial charge >= 0.3 is 5.97 Å². The van der Waals surface area contributed by atoms with E-state index < -0.39 is 35.0 Å². The molecule has 1 amide bonds. The van der Waals surface area contributed by atoms with Gasteiger partial charge in [0.2, 0.25) is 5.43 Å². The van der Waals surface area contributed by atoms with E-state index in [-0.39, 0.29) is 51.8 Å². The second kappa shape index (κ2) is 12.8. The Morgan fingerprint density at radius 2 is 1.79 bits per heavy atom. The normalized spacial score (nSPS) is 11.7. The molecule has 13 heteroatoms. The molecule has 0 bridgehead atoms. The zero-order valence-corrected chi connectivity index (χ0v) is 23.2. The lowest BCUT2D eigenvalue weighted by molar-refractivity contribution is -0.150. The van der Waals surface area contributed by atoms with Crippen molar-refractivity contribution in [2.24, 2.45) is 11.7 Å². The van der Waals surface area contributed by atoms with Crippen LogP contribution in [0.1, 0.15) is 24.2 Å². The first-order chi connectivity index (χ1) is 19.9. The predicted octanol–water partition coefficient (Wildman–Crippen LogP) is 4.95. The van der Waals surface area contributed by atoms with E-state index in [2.05, 4.69) is 10.3 Å². The molecule has 1 unspecified atom stereocenters. The second-order valence-electron chi connectivity index (χ2n) is 9.51. The SMILES string of the molecule is CC(C)C(N)C(=O)OCn1cc(C(=O)Nc2ccc(Oc3ccnc(N)c3Cl)c(F)c2)c(=O)c(-c2ccc(F)cc2)c1. The summed E-state index contributed by atoms with van der Waals surface area (Å²) in [5.41, 5.74) is 10.8. The summed E-state index contributed by atoms with van der Waals surface area (Å²) in [5, 5.41) is 2.48. The maximum atomic E-state index is 14.9. The predicted molar refractivity (Wildman–Crippen MR) is 153 cm³/mol. The van der Waals surface area contributed by atoms with Gasteiger partial charge in [-0.05, 0) is 35.7 Å². The van der Waals surface area contributed by atoms with Gasteiger partial charge in [0.05, 0.1) is 0 Å². The van der Waals surface area contributed by atoms with Crippen LogP contribution >= 0.6 is 11.6 Å². The van der Waals surface area contributed by atoms with E-state index in [4.69, 9.17) is 32.5 Å². The molecule has 0 aliphatic heterocycles. The Labute approximate surface area is 243 Å². The minimum atomic E-state index is -0.877. The zero-order chi connectivity index (χ0) is 30.6. The standard InChI is InChI=1S/C29H26ClF2N5O5/c1-15(2)25(33)29(40)41-14-37-12-19(16-3-5-17(31)6-4-16)26(38)20(13-37)28(39)36-18-7-8-22(21(32)11-18)42-23-9-10-35-27(34)24(23)30/h3-13,15,25H,14,33H2,1-2H3,(H2,34,35)(H,36,39). The van der Waals surface area contributed by atoms with Crippen LogP contribution in [0.5, 0.6) is 11.5 Å². The number of amides is 1. The van der Waals surface area contributed by atoms with Gasteiger partial charge in [0.25, 0.3) is 5.91 Å². The van der Waals surface area contributed by atoms with Crippen LogP contribution in [-0.4, -0.2) is 27.5 Å². The number of anilines is 2. The van der Waals surface area contributed by atoms with E-state index in [9.17, 15) is 23.2 Å². The molecule has 42 heavy (non-hydrogen) atoms. The van der Waals surface area contributed by atoms with Gasteiger partial charge in [-0.25, -0.2) is 13.8 Å². The van der Waals surface area contributed by atoms with E-state index in [0.29, 0.717) is 5.56 Å². The largest absolute Gasteiger partial charge is 0.453 e. The molecule has 2 aromatic carbocycles. The van der Waals surface area contributed by atoms with Gasteiger partial charge < -0.3 is 30.8 Å². The number of nitrogens with one attached hydrogen (secondary N) is 1. The molecular weight excluding hydrogens is 572 g/mol. The fourth-order valence-corrected chi connectivity index (χ4v) is 3.86. The van der Waals surface area contributed by atoms with Gasteiger partial charge in [0.1, 0.15) is 28.3 Å². The number of hydrogen-bond acceptors (Lipinski definition) is 8. The number of aromatic nitrogens is 2. The topological polar surface area (TPSA) is 152 Å². The van der Waals surface area contributed by atoms with Crippen molar-refractivity contribution < 1.29 is 27.8 Å². The van der Waals surface area contributed by atoms with E-state index in [1.54, 1.807) is 13.8 Å². The van der Waals surface area contributed by atoms with Crippen molar-refractivity contribution in [1.82, 2.24) is 9.55 Å². The van der Waals surface area contributed by atoms with Crippen LogP contribution < -0.4 is 26.9 Å². The first-order valence-electron chi connectivity index (χ1n) is 12.6. The van der Waals surface area contributed by atoms with Crippen molar-refractivity contribution in [3.8, 4) is 22.6 Å². The molecule has 4 rings (SSSR count). The van der Waals surface area contributed by atoms with Crippen molar-refractivity contribution in [2.75, 3.05) is 11.1 Å². The molecule has 5 N–H and O–H groups in total. The van der Waals surface area contributed by atoms with Crippen LogP contribution in [-0.2, 0) is 16.3 Å². The fraction of sp³-hybridized carbons (Fsp3) is 0.172. The lowest BCUT2D eigenvalue weighted by Crippen LogP contribution is -2.37. The lowest BCUT2D eigenvalue weighted by Gasteiger charge is -2.17. The van der Waals surface area contributed by atoms with E-state index in [1.807, 2.05) is 0 Å². The van der Waals surface area contributed by atoms with Gasteiger partial charge in [-0.3, -0.25) is 14.4 Å². The number of ether oxygens (including phenoxy) is 2. The van der Waals surface area contributed by atoms with Gasteiger partial charge in [0, 0.05) is 42.0 Å². The van der Waals surface area contributed by atoms with Crippen LogP contribution in [0.25, 0.3) is 11.1 Å². The molecule has 0 aliphatic carbocycles. The van der Waals surface area contributed by atoms with Crippen molar-refractivity contribution >= 4 is 35.0 Å². The number of hydrogen-bond donors (Lipinski definition) is 3. The summed E-state index contributed by atoms with van der Waals surface area (Å²) in [6.07, 6.45) is 3.89. The number of carbonyl (C=O) groups excluding carboxylic acids is 2. The summed E-state index contributed by atoms with van der Waals surface area (Å²) in [7, 11) is 0. The maximum Gasteiger partial charge on any atom is 0.324 e. The minimum Gasteiger partial charge on any atom is -0.453 e. The lowest BCUT2D eigenvalue weighted by atomic mass is 10.0. The van der Waals surface area contributed by atoms with Crippen LogP contribution in [0.3, 0.4) is 0 Å². The summed E-state index contributed by atoms with van der Waals surface area (Å²) >= 11 is 6.05. The monoisotopic (exact) mass is 597 g/mol. The third-order valence-corrected chi connectivity index (χ3v) is 6.50. The number of rotatable bonds is 9. The highest BCUT2D eigenvalue weighted by Gasteiger charge is 2.21. The van der Waals surface area contributed by atoms with Gasteiger partial charge in [0.15, 0.2) is 24.0 Å². The summed E-state index contributed by atoms with van der Waals surface area (Å²) < 4.78 is 40.4. The summed E-state index contributed by atoms with van der Waals surface area (Å²) in [4.78, 5) is 42.7. The van der Waals surface area contributed by atoms with E-state index in [0.717, 1.165) is 18.2 Å². The molecule has 10 nitrogen and oxygen atoms in total. The summed E-state index contributed by atoms with van der Waals surface area (Å²) in [6.45, 7) is 3.15. The van der Waals surface area contributed by atoms with Crippen molar-refractivity contribution in [3.63, 3.8) is 0 Å². The Balaban J connectivity index is 1.62. The molecule has 0 fully saturated rings. The fourth-order valence-electron chi connectivity index (χ4n) is 3.71. The molecule has 218 valence electrons. The minimum absolute atomic E-state index is 0.00321. The van der Waals surface area contributed by atoms with Crippen molar-refractivity contribution in [1.29, 1.82) is 0 Å². The highest BCUT2D eigenvalue weighted by molar-refractivity contribution is 6.34. The smallest absolute Gasteiger partial charge is 0.324 e. The molecule has 0 saturated heterocycles. The maximum absolute atomic E-state index is 14.9. The number of benzene rings is 2. The molecule has 4 aromatic rings. The second-order valence-corrected chi connectivity index (χ2v) is 9.89. The number of halogens is 3. The average Bonchev–Trinajstić information content (AvgIpc) is 2.96. The number of nitrogens with zero attached hydrogens (tertiary/aromatic N) is 2. The van der Waals surface area contributed by atoms with Crippen LogP contribution in [0.2, 0.25) is 5.02 Å². The Bertz CT molecular complexity index is 1700. The van der Waals surface area contributed by atoms with E-state index >= 15 is 0 Å². The van der Waals surface area contributed by atoms with Crippen LogP contribution in [0.15, 0.2) is 71.9 Å². The molecule has 2 aromatic heterocycles. The summed E-state index contributed by atoms with van der Waals surface area (Å²) in [6, 6.07) is 9.18. The van der Waals surface area contributed by atoms with E-state index in [1.165, 1.54) is 53.5 Å². The van der Waals surface area contributed by atoms with Crippen molar-refractivity contribution in [3.05, 3.63) is 99.6 Å². The van der Waals surface area contributed by atoms with Crippen molar-refractivity contribution in [2.45, 2.75) is 26.6 Å². The molecule has 0 aliphatic rings. The average molecular weight is 598 g/mol. The third kappa shape index (κ3) is 6.90. The molecule has 1 atom stereocenters. The van der Waals surface area contributed by atoms with Crippen LogP contribution in [0, 0.1) is 17.6 Å². The zero-order valence-electron chi connectivity index (χ0n) is 22.4. The Hall–Kier alpha value is -4.81. The third-order valence-electron chi connectivity index (χ3n) is 6.12. The first kappa shape index (κ1) is 30.2. The van der Waals surface area contributed by atoms with Crippen LogP contribution in [0.4, 0.5) is 20.3 Å². The Morgan fingerprint density at radius 1 is 1.07 bits per heavy atom. The number of carbonyl (C=O) groups is 2. The quantitative estimate of drug-likeness (QED) is 0.229. The number of nitrogens with two attached hydrogens (primary N) is 2. The first-order valence-corrected chi connectivity index (χ1v) is 12.9. The highest BCUT2D eigenvalue weighted by Crippen LogP contribution is 2.34. The highest BCUT2D eigenvalue weighted by atomic mass is 35.5. The molecule has 0 spiro atoms. The molecule has 0 saturated carbocycles. The number of esters is 1. The Kier molecular flexibility index (Phi) is 9.18. The summed E-state index contributed by atoms with van der Waals surface area (Å²) in [5.74, 6) is -3.22. The number of pyridine rings is 2. The van der Waals surface area contributed by atoms with Gasteiger partial charge in [-0.1, -0.05) is 37.6 Å². The van der Waals surface area contributed by atoms with Gasteiger partial charge in [-0.15, -0.1) is 0 Å². The van der Waals surface area contributed by atoms with Gasteiger partial charge in [-0.2, -0.15) is 0 Å². The molecular formula is C29H26ClF2N5O5. The number of nitrogen functional groups attached to an aromatic ring is 1. The Morgan fingerprint density at radius 3 is 2.45 bits per heavy atom. The molecule has 0 radical (unpaired) electrons. The molecule has 2 heterocycles.